The molecule has 4 rings (SSSR count). The first kappa shape index (κ1) is 20.9. The number of aryl methyl sites for hydroxylation is 2. The number of aliphatic carboxylic acids is 1. The molecule has 9 heteroatoms. The SMILES string of the molecule is Cc1noc(C)c1CN1CCN(C(C(=O)O)c2c[nH]c3ccc(OCC#N)cc23)CC1. The molecule has 3 aromatic rings. The number of fused-ring (bicyclic) bond motifs is 1. The Labute approximate surface area is 179 Å². The van der Waals surface area contributed by atoms with Gasteiger partial charge in [-0.1, -0.05) is 5.16 Å². The topological polar surface area (TPSA) is 119 Å². The summed E-state index contributed by atoms with van der Waals surface area (Å²) in [6, 6.07) is 6.58. The van der Waals surface area contributed by atoms with E-state index in [2.05, 4.69) is 15.0 Å². The monoisotopic (exact) mass is 423 g/mol. The van der Waals surface area contributed by atoms with Crippen LogP contribution in [0, 0.1) is 25.2 Å². The first-order valence-corrected chi connectivity index (χ1v) is 10.2. The number of benzene rings is 1. The Kier molecular flexibility index (Phi) is 5.93. The molecule has 1 fully saturated rings. The van der Waals surface area contributed by atoms with E-state index in [1.807, 2.05) is 30.9 Å². The predicted molar refractivity (Wildman–Crippen MR) is 113 cm³/mol. The molecule has 0 aliphatic carbocycles. The van der Waals surface area contributed by atoms with Gasteiger partial charge in [0.1, 0.15) is 23.6 Å². The van der Waals surface area contributed by atoms with Crippen molar-refractivity contribution < 1.29 is 19.2 Å². The van der Waals surface area contributed by atoms with Crippen molar-refractivity contribution in [2.75, 3.05) is 32.8 Å². The Morgan fingerprint density at radius 1 is 1.35 bits per heavy atom. The molecule has 0 amide bonds. The molecule has 1 aliphatic heterocycles. The van der Waals surface area contributed by atoms with Crippen LogP contribution in [0.4, 0.5) is 0 Å². The van der Waals surface area contributed by atoms with Gasteiger partial charge in [-0.3, -0.25) is 14.6 Å². The Hall–Kier alpha value is -3.35. The number of hydrogen-bond acceptors (Lipinski definition) is 7. The summed E-state index contributed by atoms with van der Waals surface area (Å²) < 4.78 is 10.7. The number of aromatic amines is 1. The van der Waals surface area contributed by atoms with Gasteiger partial charge in [-0.2, -0.15) is 5.26 Å². The number of ether oxygens (including phenoxy) is 1. The third kappa shape index (κ3) is 4.26. The number of piperazine rings is 1. The lowest BCUT2D eigenvalue weighted by Gasteiger charge is -2.37. The van der Waals surface area contributed by atoms with Crippen LogP contribution in [0.3, 0.4) is 0 Å². The largest absolute Gasteiger partial charge is 0.480 e. The van der Waals surface area contributed by atoms with Crippen LogP contribution in [0.25, 0.3) is 10.9 Å². The minimum Gasteiger partial charge on any atom is -0.480 e. The summed E-state index contributed by atoms with van der Waals surface area (Å²) >= 11 is 0. The second-order valence-electron chi connectivity index (χ2n) is 7.75. The highest BCUT2D eigenvalue weighted by Crippen LogP contribution is 2.32. The van der Waals surface area contributed by atoms with Crippen molar-refractivity contribution in [1.82, 2.24) is 19.9 Å². The molecule has 2 N–H and O–H groups in total. The van der Waals surface area contributed by atoms with Crippen LogP contribution in [0.2, 0.25) is 0 Å². The van der Waals surface area contributed by atoms with E-state index >= 15 is 0 Å². The number of carbonyl (C=O) groups is 1. The van der Waals surface area contributed by atoms with Gasteiger partial charge in [0.05, 0.1) is 5.69 Å². The van der Waals surface area contributed by atoms with Crippen LogP contribution in [0.15, 0.2) is 28.9 Å². The predicted octanol–water partition coefficient (Wildman–Crippen LogP) is 2.62. The van der Waals surface area contributed by atoms with Gasteiger partial charge in [-0.15, -0.1) is 0 Å². The van der Waals surface area contributed by atoms with Crippen molar-refractivity contribution in [3.05, 3.63) is 47.0 Å². The fourth-order valence-corrected chi connectivity index (χ4v) is 4.17. The van der Waals surface area contributed by atoms with Crippen molar-refractivity contribution in [2.24, 2.45) is 0 Å². The van der Waals surface area contributed by atoms with Crippen LogP contribution in [0.1, 0.15) is 28.6 Å². The lowest BCUT2D eigenvalue weighted by Crippen LogP contribution is -2.48. The van der Waals surface area contributed by atoms with Crippen LogP contribution < -0.4 is 4.74 Å². The molecule has 1 atom stereocenters. The first-order valence-electron chi connectivity index (χ1n) is 10.2. The second kappa shape index (κ2) is 8.79. The van der Waals surface area contributed by atoms with Gasteiger partial charge in [-0.05, 0) is 32.0 Å². The molecule has 1 unspecified atom stereocenters. The van der Waals surface area contributed by atoms with E-state index in [9.17, 15) is 9.90 Å². The zero-order valence-electron chi connectivity index (χ0n) is 17.6. The molecular formula is C22H25N5O4. The lowest BCUT2D eigenvalue weighted by molar-refractivity contribution is -0.144. The van der Waals surface area contributed by atoms with Gasteiger partial charge in [0.2, 0.25) is 0 Å². The van der Waals surface area contributed by atoms with Gasteiger partial charge in [0.25, 0.3) is 0 Å². The van der Waals surface area contributed by atoms with E-state index in [4.69, 9.17) is 14.5 Å². The van der Waals surface area contributed by atoms with Gasteiger partial charge in [0.15, 0.2) is 6.61 Å². The van der Waals surface area contributed by atoms with Crippen LogP contribution in [-0.2, 0) is 11.3 Å². The highest BCUT2D eigenvalue weighted by atomic mass is 16.5. The van der Waals surface area contributed by atoms with Crippen molar-refractivity contribution >= 4 is 16.9 Å². The van der Waals surface area contributed by atoms with Gasteiger partial charge in [-0.25, -0.2) is 0 Å². The molecule has 2 aromatic heterocycles. The minimum atomic E-state index is -0.886. The summed E-state index contributed by atoms with van der Waals surface area (Å²) in [5.41, 5.74) is 3.54. The van der Waals surface area contributed by atoms with Gasteiger partial charge < -0.3 is 19.4 Å². The van der Waals surface area contributed by atoms with Crippen molar-refractivity contribution in [3.63, 3.8) is 0 Å². The molecule has 0 bridgehead atoms. The standard InChI is InChI=1S/C22H25N5O4/c1-14-19(15(2)31-25-14)13-26-6-8-27(9-7-26)21(22(28)29)18-12-24-20-4-3-16(11-17(18)20)30-10-5-23/h3-4,11-12,21,24H,6-10,13H2,1-2H3,(H,28,29). The van der Waals surface area contributed by atoms with E-state index in [1.54, 1.807) is 18.3 Å². The Morgan fingerprint density at radius 3 is 2.77 bits per heavy atom. The molecule has 1 saturated heterocycles. The highest BCUT2D eigenvalue weighted by Gasteiger charge is 2.32. The van der Waals surface area contributed by atoms with Crippen molar-refractivity contribution in [2.45, 2.75) is 26.4 Å². The number of carboxylic acids is 1. The lowest BCUT2D eigenvalue weighted by atomic mass is 10.0. The average molecular weight is 423 g/mol. The number of H-pyrrole nitrogens is 1. The molecule has 1 aromatic carbocycles. The van der Waals surface area contributed by atoms with E-state index in [0.29, 0.717) is 24.4 Å². The normalized spacial score (nSPS) is 16.3. The van der Waals surface area contributed by atoms with Crippen molar-refractivity contribution in [3.8, 4) is 11.8 Å². The van der Waals surface area contributed by atoms with E-state index in [0.717, 1.165) is 47.6 Å². The van der Waals surface area contributed by atoms with Crippen LogP contribution >= 0.6 is 0 Å². The fourth-order valence-electron chi connectivity index (χ4n) is 4.17. The van der Waals surface area contributed by atoms with Gasteiger partial charge >= 0.3 is 5.97 Å². The zero-order chi connectivity index (χ0) is 22.0. The van der Waals surface area contributed by atoms with E-state index < -0.39 is 12.0 Å². The Morgan fingerprint density at radius 2 is 2.13 bits per heavy atom. The fraction of sp³-hybridized carbons (Fsp3) is 0.409. The summed E-state index contributed by atoms with van der Waals surface area (Å²) in [7, 11) is 0. The number of hydrogen-bond donors (Lipinski definition) is 2. The number of rotatable bonds is 7. The highest BCUT2D eigenvalue weighted by molar-refractivity contribution is 5.90. The molecule has 0 radical (unpaired) electrons. The number of aromatic nitrogens is 2. The molecule has 31 heavy (non-hydrogen) atoms. The second-order valence-corrected chi connectivity index (χ2v) is 7.75. The summed E-state index contributed by atoms with van der Waals surface area (Å²) in [5, 5.41) is 23.6. The molecule has 9 nitrogen and oxygen atoms in total. The van der Waals surface area contributed by atoms with Crippen LogP contribution in [0.5, 0.6) is 5.75 Å². The third-order valence-corrected chi connectivity index (χ3v) is 5.85. The minimum absolute atomic E-state index is 0.0548. The number of nitrogens with one attached hydrogen (secondary N) is 1. The molecular weight excluding hydrogens is 398 g/mol. The number of nitrogens with zero attached hydrogens (tertiary/aromatic N) is 4. The molecule has 162 valence electrons. The van der Waals surface area contributed by atoms with Crippen LogP contribution in [-0.4, -0.2) is 63.8 Å². The van der Waals surface area contributed by atoms with Gasteiger partial charge in [0, 0.05) is 61.0 Å². The van der Waals surface area contributed by atoms with E-state index in [1.165, 1.54) is 0 Å². The maximum atomic E-state index is 12.3. The summed E-state index contributed by atoms with van der Waals surface area (Å²) in [4.78, 5) is 19.7. The summed E-state index contributed by atoms with van der Waals surface area (Å²) in [5.74, 6) is 0.489. The average Bonchev–Trinajstić information content (AvgIpc) is 3.31. The smallest absolute Gasteiger partial charge is 0.325 e. The van der Waals surface area contributed by atoms with E-state index in [-0.39, 0.29) is 6.61 Å². The zero-order valence-corrected chi connectivity index (χ0v) is 17.6. The summed E-state index contributed by atoms with van der Waals surface area (Å²) in [6.07, 6.45) is 1.76. The summed E-state index contributed by atoms with van der Waals surface area (Å²) in [6.45, 7) is 7.33. The maximum absolute atomic E-state index is 12.3. The number of nitriles is 1. The molecule has 1 aliphatic rings. The first-order chi connectivity index (χ1) is 15.0. The molecule has 0 spiro atoms. The third-order valence-electron chi connectivity index (χ3n) is 5.85. The quantitative estimate of drug-likeness (QED) is 0.595. The van der Waals surface area contributed by atoms with Crippen molar-refractivity contribution in [1.29, 1.82) is 5.26 Å². The maximum Gasteiger partial charge on any atom is 0.325 e. The Bertz CT molecular complexity index is 1100. The number of carboxylic acid groups (broad SMARTS) is 1. The molecule has 0 saturated carbocycles. The molecule has 3 heterocycles. The Balaban J connectivity index is 1.51.